The molecular weight excluding hydrogens is 321 g/mol. The van der Waals surface area contributed by atoms with Gasteiger partial charge in [-0.3, -0.25) is 14.7 Å². The fraction of sp³-hybridized carbons (Fsp3) is 0.500. The molecule has 1 aromatic carbocycles. The molecule has 0 aliphatic carbocycles. The molecule has 118 valence electrons. The van der Waals surface area contributed by atoms with E-state index in [2.05, 4.69) is 11.9 Å². The van der Waals surface area contributed by atoms with Crippen molar-refractivity contribution in [3.8, 4) is 0 Å². The lowest BCUT2D eigenvalue weighted by Crippen LogP contribution is -2.24. The number of para-hydroxylation sites is 1. The maximum atomic E-state index is 12.8. The summed E-state index contributed by atoms with van der Waals surface area (Å²) in [6.07, 6.45) is 4.59. The van der Waals surface area contributed by atoms with Crippen LogP contribution in [0.5, 0.6) is 0 Å². The molecule has 4 nitrogen and oxygen atoms in total. The normalized spacial score (nSPS) is 15.8. The summed E-state index contributed by atoms with van der Waals surface area (Å²) in [5, 5.41) is 0.266. The van der Waals surface area contributed by atoms with Gasteiger partial charge < -0.3 is 0 Å². The van der Waals surface area contributed by atoms with Gasteiger partial charge in [-0.1, -0.05) is 43.4 Å². The molecule has 0 aliphatic heterocycles. The molecule has 2 unspecified atom stereocenters. The summed E-state index contributed by atoms with van der Waals surface area (Å²) < 4.78 is 14.5. The number of aliphatic imine (C=N–C) groups is 1. The van der Waals surface area contributed by atoms with Crippen molar-refractivity contribution in [3.63, 3.8) is 0 Å². The van der Waals surface area contributed by atoms with Crippen molar-refractivity contribution < 1.29 is 4.57 Å². The Morgan fingerprint density at radius 2 is 2.10 bits per heavy atom. The zero-order valence-corrected chi connectivity index (χ0v) is 15.3. The molecule has 0 bridgehead atoms. The Balaban J connectivity index is 2.84. The minimum atomic E-state index is -2.95. The van der Waals surface area contributed by atoms with Crippen molar-refractivity contribution >= 4 is 41.8 Å². The molecule has 0 aliphatic rings. The standard InChI is InChI=1S/C14H24N3OPS2/c1-4-13(2)21-19(15,18)17(10-11-20-3)12-16-14-8-6-5-7-9-14/h5-9,12-13H,4,10-11H2,1-3H3,(H2,15,18). The topological polar surface area (TPSA) is 58.7 Å². The SMILES string of the molecule is CCC(C)SP(N)(=O)N(C=Nc1ccccc1)CCSC. The summed E-state index contributed by atoms with van der Waals surface area (Å²) in [6, 6.07) is 9.61. The zero-order chi connectivity index (χ0) is 15.7. The summed E-state index contributed by atoms with van der Waals surface area (Å²) in [6.45, 7) is 1.80. The van der Waals surface area contributed by atoms with Gasteiger partial charge in [0.05, 0.1) is 12.0 Å². The van der Waals surface area contributed by atoms with E-state index in [9.17, 15) is 4.57 Å². The van der Waals surface area contributed by atoms with Crippen molar-refractivity contribution in [3.05, 3.63) is 30.3 Å². The molecule has 0 saturated heterocycles. The third-order valence-corrected chi connectivity index (χ3v) is 8.11. The Morgan fingerprint density at radius 3 is 2.67 bits per heavy atom. The van der Waals surface area contributed by atoms with Gasteiger partial charge in [0.25, 0.3) is 6.65 Å². The van der Waals surface area contributed by atoms with Crippen LogP contribution in [0.15, 0.2) is 35.3 Å². The molecule has 2 N–H and O–H groups in total. The van der Waals surface area contributed by atoms with Gasteiger partial charge in [-0.2, -0.15) is 11.8 Å². The second-order valence-corrected chi connectivity index (χ2v) is 10.5. The Bertz CT molecular complexity index is 484. The first-order valence-electron chi connectivity index (χ1n) is 6.92. The predicted octanol–water partition coefficient (Wildman–Crippen LogP) is 4.61. The first kappa shape index (κ1) is 18.6. The zero-order valence-electron chi connectivity index (χ0n) is 12.8. The summed E-state index contributed by atoms with van der Waals surface area (Å²) in [4.78, 5) is 4.38. The van der Waals surface area contributed by atoms with E-state index in [1.54, 1.807) is 22.8 Å². The highest BCUT2D eigenvalue weighted by molar-refractivity contribution is 8.57. The lowest BCUT2D eigenvalue weighted by molar-refractivity contribution is 0.545. The third-order valence-electron chi connectivity index (χ3n) is 2.88. The van der Waals surface area contributed by atoms with E-state index < -0.39 is 6.65 Å². The van der Waals surface area contributed by atoms with Gasteiger partial charge in [-0.25, -0.2) is 4.99 Å². The van der Waals surface area contributed by atoms with Crippen LogP contribution in [-0.2, 0) is 4.57 Å². The number of hydrogen-bond donors (Lipinski definition) is 1. The van der Waals surface area contributed by atoms with Crippen LogP contribution in [0.4, 0.5) is 5.69 Å². The minimum absolute atomic E-state index is 0.266. The Morgan fingerprint density at radius 1 is 1.43 bits per heavy atom. The Kier molecular flexibility index (Phi) is 8.49. The molecule has 0 saturated carbocycles. The maximum absolute atomic E-state index is 12.8. The van der Waals surface area contributed by atoms with Crippen molar-refractivity contribution in [1.82, 2.24) is 4.67 Å². The number of benzene rings is 1. The summed E-state index contributed by atoms with van der Waals surface area (Å²) in [5.41, 5.74) is 6.92. The second-order valence-electron chi connectivity index (χ2n) is 4.62. The van der Waals surface area contributed by atoms with Gasteiger partial charge in [0.15, 0.2) is 0 Å². The minimum Gasteiger partial charge on any atom is -0.293 e. The van der Waals surface area contributed by atoms with Crippen LogP contribution in [0.2, 0.25) is 0 Å². The lowest BCUT2D eigenvalue weighted by atomic mass is 10.3. The third kappa shape index (κ3) is 6.92. The maximum Gasteiger partial charge on any atom is 0.291 e. The van der Waals surface area contributed by atoms with Crippen LogP contribution in [0.3, 0.4) is 0 Å². The fourth-order valence-electron chi connectivity index (χ4n) is 1.49. The van der Waals surface area contributed by atoms with Crippen LogP contribution < -0.4 is 5.50 Å². The highest BCUT2D eigenvalue weighted by Gasteiger charge is 2.26. The van der Waals surface area contributed by atoms with Crippen molar-refractivity contribution in [2.24, 2.45) is 10.5 Å². The average Bonchev–Trinajstić information content (AvgIpc) is 2.47. The van der Waals surface area contributed by atoms with Crippen molar-refractivity contribution in [2.45, 2.75) is 25.5 Å². The highest BCUT2D eigenvalue weighted by Crippen LogP contribution is 2.56. The van der Waals surface area contributed by atoms with E-state index in [0.29, 0.717) is 6.54 Å². The van der Waals surface area contributed by atoms with E-state index >= 15 is 0 Å². The average molecular weight is 345 g/mol. The Hall–Kier alpha value is -0.420. The van der Waals surface area contributed by atoms with E-state index in [-0.39, 0.29) is 5.25 Å². The number of thioether (sulfide) groups is 1. The highest BCUT2D eigenvalue weighted by atomic mass is 32.7. The molecule has 0 aromatic heterocycles. The summed E-state index contributed by atoms with van der Waals surface area (Å²) >= 11 is 3.06. The van der Waals surface area contributed by atoms with Gasteiger partial charge in [-0.05, 0) is 24.8 Å². The molecule has 7 heteroatoms. The molecule has 0 fully saturated rings. The predicted molar refractivity (Wildman–Crippen MR) is 98.8 cm³/mol. The summed E-state index contributed by atoms with van der Waals surface area (Å²) in [7, 11) is 0. The number of hydrogen-bond acceptors (Lipinski definition) is 4. The molecule has 0 spiro atoms. The van der Waals surface area contributed by atoms with Crippen molar-refractivity contribution in [1.29, 1.82) is 0 Å². The first-order valence-corrected chi connectivity index (χ1v) is 11.5. The molecule has 0 amide bonds. The molecule has 21 heavy (non-hydrogen) atoms. The van der Waals surface area contributed by atoms with Crippen LogP contribution in [0.25, 0.3) is 0 Å². The van der Waals surface area contributed by atoms with E-state index in [0.717, 1.165) is 17.9 Å². The monoisotopic (exact) mass is 345 g/mol. The van der Waals surface area contributed by atoms with Crippen molar-refractivity contribution in [2.75, 3.05) is 18.6 Å². The lowest BCUT2D eigenvalue weighted by Gasteiger charge is -2.27. The number of nitrogens with zero attached hydrogens (tertiary/aromatic N) is 2. The van der Waals surface area contributed by atoms with Gasteiger partial charge in [0, 0.05) is 17.5 Å². The van der Waals surface area contributed by atoms with Gasteiger partial charge in [-0.15, -0.1) is 0 Å². The first-order chi connectivity index (χ1) is 9.99. The van der Waals surface area contributed by atoms with Gasteiger partial charge in [0.2, 0.25) is 0 Å². The summed E-state index contributed by atoms with van der Waals surface area (Å²) in [5.74, 6) is 0.864. The smallest absolute Gasteiger partial charge is 0.291 e. The molecule has 2 atom stereocenters. The molecule has 1 rings (SSSR count). The van der Waals surface area contributed by atoms with Crippen LogP contribution >= 0.6 is 29.8 Å². The van der Waals surface area contributed by atoms with E-state index in [1.807, 2.05) is 43.5 Å². The van der Waals surface area contributed by atoms with Crippen LogP contribution in [0, 0.1) is 0 Å². The second kappa shape index (κ2) is 9.57. The van der Waals surface area contributed by atoms with Crippen LogP contribution in [0.1, 0.15) is 20.3 Å². The van der Waals surface area contributed by atoms with Crippen LogP contribution in [-0.4, -0.2) is 34.8 Å². The molecule has 0 radical (unpaired) electrons. The Labute approximate surface area is 136 Å². The fourth-order valence-corrected chi connectivity index (χ4v) is 6.10. The van der Waals surface area contributed by atoms with Gasteiger partial charge in [0.1, 0.15) is 0 Å². The molecule has 0 heterocycles. The van der Waals surface area contributed by atoms with E-state index in [1.165, 1.54) is 11.4 Å². The number of nitrogens with two attached hydrogens (primary N) is 1. The molecule has 1 aromatic rings. The van der Waals surface area contributed by atoms with Gasteiger partial charge >= 0.3 is 0 Å². The molecular formula is C14H24N3OPS2. The number of rotatable bonds is 9. The quantitative estimate of drug-likeness (QED) is 0.402. The van der Waals surface area contributed by atoms with E-state index in [4.69, 9.17) is 5.50 Å². The largest absolute Gasteiger partial charge is 0.293 e.